The van der Waals surface area contributed by atoms with Crippen molar-refractivity contribution in [3.63, 3.8) is 0 Å². The molecule has 0 bridgehead atoms. The molecule has 2 N–H and O–H groups in total. The average molecular weight is 189 g/mol. The summed E-state index contributed by atoms with van der Waals surface area (Å²) >= 11 is 0. The number of esters is 1. The molecule has 0 rings (SSSR count). The molecular weight excluding hydrogens is 170 g/mol. The Hall–Kier alpha value is -0.610. The maximum absolute atomic E-state index is 11.3. The average Bonchev–Trinajstić information content (AvgIpc) is 2.03. The predicted octanol–water partition coefficient (Wildman–Crippen LogP) is 0.646. The largest absolute Gasteiger partial charge is 0.465 e. The highest BCUT2D eigenvalue weighted by atomic mass is 16.5. The summed E-state index contributed by atoms with van der Waals surface area (Å²) in [7, 11) is 0. The Morgan fingerprint density at radius 3 is 2.54 bits per heavy atom. The van der Waals surface area contributed by atoms with Gasteiger partial charge in [-0.15, -0.1) is 0 Å². The van der Waals surface area contributed by atoms with Gasteiger partial charge in [-0.2, -0.15) is 0 Å². The van der Waals surface area contributed by atoms with Crippen molar-refractivity contribution in [1.82, 2.24) is 5.32 Å². The molecule has 0 aromatic rings. The molecular formula is C9H19NO3. The lowest BCUT2D eigenvalue weighted by molar-refractivity contribution is -0.146. The van der Waals surface area contributed by atoms with E-state index in [1.165, 1.54) is 0 Å². The summed E-state index contributed by atoms with van der Waals surface area (Å²) in [6.07, 6.45) is 0.883. The van der Waals surface area contributed by atoms with Gasteiger partial charge in [-0.25, -0.2) is 0 Å². The fourth-order valence-electron chi connectivity index (χ4n) is 1.09. The highest BCUT2D eigenvalue weighted by Gasteiger charge is 2.19. The molecule has 0 amide bonds. The number of hydrogen-bond donors (Lipinski definition) is 2. The van der Waals surface area contributed by atoms with Gasteiger partial charge in [-0.05, 0) is 20.3 Å². The van der Waals surface area contributed by atoms with E-state index < -0.39 is 6.23 Å². The number of carbonyl (C=O) groups excluding carboxylic acids is 1. The first-order chi connectivity index (χ1) is 6.11. The van der Waals surface area contributed by atoms with Crippen LogP contribution in [0.5, 0.6) is 0 Å². The Bertz CT molecular complexity index is 148. The monoisotopic (exact) mass is 189 g/mol. The lowest BCUT2D eigenvalue weighted by Crippen LogP contribution is -2.42. The van der Waals surface area contributed by atoms with Crippen LogP contribution in [0.2, 0.25) is 0 Å². The lowest BCUT2D eigenvalue weighted by atomic mass is 10.1. The first-order valence-electron chi connectivity index (χ1n) is 4.72. The van der Waals surface area contributed by atoms with Crippen LogP contribution in [-0.4, -0.2) is 30.0 Å². The maximum atomic E-state index is 11.3. The van der Waals surface area contributed by atoms with Crippen molar-refractivity contribution < 1.29 is 14.6 Å². The van der Waals surface area contributed by atoms with Gasteiger partial charge in [0.2, 0.25) is 0 Å². The third-order valence-electron chi connectivity index (χ3n) is 1.59. The molecule has 0 fully saturated rings. The standard InChI is InChI=1S/C9H19NO3/c1-4-6-8(10-7(3)11)9(12)13-5-2/h7-8,10-11H,4-6H2,1-3H3/t7-,8?/m1/s1. The molecule has 2 atom stereocenters. The number of hydrogen-bond acceptors (Lipinski definition) is 4. The molecule has 0 aliphatic carbocycles. The number of ether oxygens (including phenoxy) is 1. The van der Waals surface area contributed by atoms with Crippen LogP contribution in [0.4, 0.5) is 0 Å². The molecule has 0 radical (unpaired) electrons. The van der Waals surface area contributed by atoms with Crippen LogP contribution in [0.15, 0.2) is 0 Å². The summed E-state index contributed by atoms with van der Waals surface area (Å²) in [4.78, 5) is 11.3. The fourth-order valence-corrected chi connectivity index (χ4v) is 1.09. The highest BCUT2D eigenvalue weighted by Crippen LogP contribution is 2.00. The molecule has 0 aliphatic rings. The van der Waals surface area contributed by atoms with E-state index in [9.17, 15) is 4.79 Å². The second-order valence-electron chi connectivity index (χ2n) is 2.94. The Balaban J connectivity index is 3.98. The van der Waals surface area contributed by atoms with Crippen LogP contribution in [0.1, 0.15) is 33.6 Å². The Kier molecular flexibility index (Phi) is 6.54. The summed E-state index contributed by atoms with van der Waals surface area (Å²) in [6.45, 7) is 5.71. The third-order valence-corrected chi connectivity index (χ3v) is 1.59. The summed E-state index contributed by atoms with van der Waals surface area (Å²) < 4.78 is 4.84. The number of nitrogens with one attached hydrogen (secondary N) is 1. The fraction of sp³-hybridized carbons (Fsp3) is 0.889. The second-order valence-corrected chi connectivity index (χ2v) is 2.94. The molecule has 0 aliphatic heterocycles. The van der Waals surface area contributed by atoms with Crippen LogP contribution in [0.25, 0.3) is 0 Å². The quantitative estimate of drug-likeness (QED) is 0.475. The van der Waals surface area contributed by atoms with E-state index in [-0.39, 0.29) is 12.0 Å². The summed E-state index contributed by atoms with van der Waals surface area (Å²) in [5.41, 5.74) is 0. The van der Waals surface area contributed by atoms with E-state index >= 15 is 0 Å². The minimum atomic E-state index is -0.680. The summed E-state index contributed by atoms with van der Waals surface area (Å²) in [5.74, 6) is -0.287. The first-order valence-corrected chi connectivity index (χ1v) is 4.72. The van der Waals surface area contributed by atoms with Gasteiger partial charge in [0.15, 0.2) is 0 Å². The zero-order valence-electron chi connectivity index (χ0n) is 8.54. The Labute approximate surface area is 79.3 Å². The van der Waals surface area contributed by atoms with Crippen molar-refractivity contribution in [2.75, 3.05) is 6.61 Å². The molecule has 0 heterocycles. The maximum Gasteiger partial charge on any atom is 0.323 e. The van der Waals surface area contributed by atoms with Gasteiger partial charge in [0.25, 0.3) is 0 Å². The minimum absolute atomic E-state index is 0.287. The van der Waals surface area contributed by atoms with Crippen molar-refractivity contribution >= 4 is 5.97 Å². The van der Waals surface area contributed by atoms with Gasteiger partial charge < -0.3 is 9.84 Å². The molecule has 0 aromatic carbocycles. The number of carbonyl (C=O) groups is 1. The molecule has 0 saturated heterocycles. The second kappa shape index (κ2) is 6.86. The number of rotatable bonds is 6. The van der Waals surface area contributed by atoms with Crippen molar-refractivity contribution in [3.05, 3.63) is 0 Å². The Morgan fingerprint density at radius 2 is 2.15 bits per heavy atom. The number of aliphatic hydroxyl groups is 1. The van der Waals surface area contributed by atoms with Gasteiger partial charge in [0.1, 0.15) is 12.3 Å². The smallest absolute Gasteiger partial charge is 0.323 e. The van der Waals surface area contributed by atoms with Gasteiger partial charge in [0.05, 0.1) is 6.61 Å². The molecule has 4 heteroatoms. The van der Waals surface area contributed by atoms with E-state index in [1.54, 1.807) is 13.8 Å². The van der Waals surface area contributed by atoms with Gasteiger partial charge >= 0.3 is 5.97 Å². The lowest BCUT2D eigenvalue weighted by Gasteiger charge is -2.18. The molecule has 0 spiro atoms. The molecule has 78 valence electrons. The van der Waals surface area contributed by atoms with E-state index in [0.29, 0.717) is 13.0 Å². The topological polar surface area (TPSA) is 58.6 Å². The van der Waals surface area contributed by atoms with E-state index in [0.717, 1.165) is 6.42 Å². The van der Waals surface area contributed by atoms with Crippen molar-refractivity contribution in [2.45, 2.75) is 45.9 Å². The molecule has 0 aromatic heterocycles. The van der Waals surface area contributed by atoms with Crippen LogP contribution in [0.3, 0.4) is 0 Å². The summed E-state index contributed by atoms with van der Waals surface area (Å²) in [6, 6.07) is -0.384. The van der Waals surface area contributed by atoms with Crippen molar-refractivity contribution in [3.8, 4) is 0 Å². The third kappa shape index (κ3) is 5.60. The van der Waals surface area contributed by atoms with Crippen LogP contribution in [0, 0.1) is 0 Å². The van der Waals surface area contributed by atoms with Gasteiger partial charge in [0, 0.05) is 0 Å². The summed E-state index contributed by atoms with van der Waals surface area (Å²) in [5, 5.41) is 11.8. The van der Waals surface area contributed by atoms with E-state index in [1.807, 2.05) is 6.92 Å². The van der Waals surface area contributed by atoms with Gasteiger partial charge in [-0.1, -0.05) is 13.3 Å². The van der Waals surface area contributed by atoms with Crippen LogP contribution in [-0.2, 0) is 9.53 Å². The van der Waals surface area contributed by atoms with Crippen LogP contribution >= 0.6 is 0 Å². The molecule has 4 nitrogen and oxygen atoms in total. The molecule has 0 saturated carbocycles. The van der Waals surface area contributed by atoms with E-state index in [2.05, 4.69) is 5.32 Å². The zero-order valence-corrected chi connectivity index (χ0v) is 8.54. The molecule has 13 heavy (non-hydrogen) atoms. The first kappa shape index (κ1) is 12.4. The highest BCUT2D eigenvalue weighted by molar-refractivity contribution is 5.75. The normalized spacial score (nSPS) is 15.1. The number of aliphatic hydroxyl groups excluding tert-OH is 1. The Morgan fingerprint density at radius 1 is 1.54 bits per heavy atom. The minimum Gasteiger partial charge on any atom is -0.465 e. The van der Waals surface area contributed by atoms with Crippen molar-refractivity contribution in [1.29, 1.82) is 0 Å². The van der Waals surface area contributed by atoms with Crippen LogP contribution < -0.4 is 5.32 Å². The van der Waals surface area contributed by atoms with Crippen molar-refractivity contribution in [2.24, 2.45) is 0 Å². The SMILES string of the molecule is CCCC(N[C@@H](C)O)C(=O)OCC. The predicted molar refractivity (Wildman–Crippen MR) is 50.1 cm³/mol. The van der Waals surface area contributed by atoms with Gasteiger partial charge in [-0.3, -0.25) is 10.1 Å². The van der Waals surface area contributed by atoms with E-state index in [4.69, 9.17) is 9.84 Å². The zero-order chi connectivity index (χ0) is 10.3. The molecule has 1 unspecified atom stereocenters.